The summed E-state index contributed by atoms with van der Waals surface area (Å²) < 4.78 is 7.27. The number of nitrogens with two attached hydrogens (primary N) is 1. The summed E-state index contributed by atoms with van der Waals surface area (Å²) in [7, 11) is 0. The number of carbonyl (C=O) groups excluding carboxylic acids is 1. The van der Waals surface area contributed by atoms with E-state index in [0.717, 1.165) is 44.9 Å². The Balaban J connectivity index is 1.61. The molecule has 0 radical (unpaired) electrons. The Bertz CT molecular complexity index is 1430. The molecule has 0 aliphatic carbocycles. The van der Waals surface area contributed by atoms with Gasteiger partial charge in [-0.05, 0) is 59.0 Å². The number of primary amides is 1. The molecule has 0 aliphatic heterocycles. The molecule has 5 rings (SSSR count). The van der Waals surface area contributed by atoms with Crippen LogP contribution in [-0.2, 0) is 0 Å². The van der Waals surface area contributed by atoms with Crippen LogP contribution in [-0.4, -0.2) is 20.3 Å². The lowest BCUT2D eigenvalue weighted by molar-refractivity contribution is 0.0999. The van der Waals surface area contributed by atoms with Crippen molar-refractivity contribution in [2.75, 3.05) is 0 Å². The number of nitrogens with zero attached hydrogens (tertiary/aromatic N) is 3. The Morgan fingerprint density at radius 2 is 1.81 bits per heavy atom. The molecule has 32 heavy (non-hydrogen) atoms. The molecule has 6 nitrogen and oxygen atoms in total. The molecule has 1 aromatic carbocycles. The predicted octanol–water partition coefficient (Wildman–Crippen LogP) is 5.55. The van der Waals surface area contributed by atoms with Gasteiger partial charge in [-0.25, -0.2) is 4.98 Å². The van der Waals surface area contributed by atoms with Crippen LogP contribution < -0.4 is 5.73 Å². The lowest BCUT2D eigenvalue weighted by atomic mass is 9.93. The van der Waals surface area contributed by atoms with E-state index in [1.54, 1.807) is 18.7 Å². The Labute approximate surface area is 185 Å². The van der Waals surface area contributed by atoms with Crippen molar-refractivity contribution in [3.63, 3.8) is 0 Å². The molecule has 158 valence electrons. The van der Waals surface area contributed by atoms with Gasteiger partial charge in [0.15, 0.2) is 0 Å². The molecule has 0 saturated carbocycles. The van der Waals surface area contributed by atoms with Gasteiger partial charge in [-0.3, -0.25) is 14.2 Å². The Morgan fingerprint density at radius 1 is 0.969 bits per heavy atom. The first-order valence-electron chi connectivity index (χ1n) is 10.4. The van der Waals surface area contributed by atoms with Crippen LogP contribution in [0.5, 0.6) is 0 Å². The van der Waals surface area contributed by atoms with Gasteiger partial charge in [0.1, 0.15) is 5.65 Å². The highest BCUT2D eigenvalue weighted by Crippen LogP contribution is 2.30. The molecule has 4 heterocycles. The number of pyridine rings is 2. The van der Waals surface area contributed by atoms with Gasteiger partial charge >= 0.3 is 0 Å². The zero-order valence-electron chi connectivity index (χ0n) is 17.8. The summed E-state index contributed by atoms with van der Waals surface area (Å²) in [5.41, 5.74) is 13.7. The quantitative estimate of drug-likeness (QED) is 0.402. The van der Waals surface area contributed by atoms with Crippen molar-refractivity contribution < 1.29 is 9.21 Å². The number of furan rings is 1. The highest BCUT2D eigenvalue weighted by Gasteiger charge is 2.14. The van der Waals surface area contributed by atoms with Gasteiger partial charge < -0.3 is 10.2 Å². The summed E-state index contributed by atoms with van der Waals surface area (Å²) in [4.78, 5) is 20.9. The van der Waals surface area contributed by atoms with E-state index in [1.165, 1.54) is 0 Å². The maximum Gasteiger partial charge on any atom is 0.248 e. The molecule has 0 aliphatic rings. The van der Waals surface area contributed by atoms with Crippen LogP contribution in [0.15, 0.2) is 84.1 Å². The molecule has 0 fully saturated rings. The fourth-order valence-electron chi connectivity index (χ4n) is 3.97. The first kappa shape index (κ1) is 19.8. The molecule has 0 bridgehead atoms. The zero-order valence-corrected chi connectivity index (χ0v) is 17.8. The molecule has 5 aromatic rings. The average Bonchev–Trinajstić information content (AvgIpc) is 3.48. The third-order valence-corrected chi connectivity index (χ3v) is 5.65. The number of hydrogen-bond donors (Lipinski definition) is 1. The number of benzene rings is 1. The van der Waals surface area contributed by atoms with Crippen molar-refractivity contribution in [3.05, 3.63) is 90.8 Å². The summed E-state index contributed by atoms with van der Waals surface area (Å²) in [5.74, 6) is -0.221. The lowest BCUT2D eigenvalue weighted by Crippen LogP contribution is -2.14. The molecule has 0 atom stereocenters. The van der Waals surface area contributed by atoms with Crippen molar-refractivity contribution in [1.82, 2.24) is 14.4 Å². The highest BCUT2D eigenvalue weighted by atomic mass is 16.3. The molecule has 0 unspecified atom stereocenters. The van der Waals surface area contributed by atoms with Gasteiger partial charge in [-0.2, -0.15) is 0 Å². The van der Waals surface area contributed by atoms with E-state index >= 15 is 0 Å². The Kier molecular flexibility index (Phi) is 4.82. The second kappa shape index (κ2) is 7.81. The minimum Gasteiger partial charge on any atom is -0.472 e. The number of imidazole rings is 1. The van der Waals surface area contributed by atoms with E-state index in [0.29, 0.717) is 5.56 Å². The number of hydrogen-bond acceptors (Lipinski definition) is 4. The van der Waals surface area contributed by atoms with Crippen LogP contribution >= 0.6 is 0 Å². The first-order chi connectivity index (χ1) is 15.5. The normalized spacial score (nSPS) is 11.3. The summed E-state index contributed by atoms with van der Waals surface area (Å²) in [5, 5.41) is 0. The summed E-state index contributed by atoms with van der Waals surface area (Å²) in [6, 6.07) is 15.7. The van der Waals surface area contributed by atoms with Crippen LogP contribution in [0.4, 0.5) is 0 Å². The fraction of sp³-hybridized carbons (Fsp3) is 0.115. The minimum absolute atomic E-state index is 0.183. The van der Waals surface area contributed by atoms with Gasteiger partial charge in [-0.15, -0.1) is 0 Å². The van der Waals surface area contributed by atoms with Crippen LogP contribution in [0.25, 0.3) is 39.3 Å². The first-order valence-corrected chi connectivity index (χ1v) is 10.4. The van der Waals surface area contributed by atoms with Crippen molar-refractivity contribution in [2.24, 2.45) is 5.73 Å². The number of amides is 1. The van der Waals surface area contributed by atoms with Crippen molar-refractivity contribution in [1.29, 1.82) is 0 Å². The topological polar surface area (TPSA) is 86.4 Å². The predicted molar refractivity (Wildman–Crippen MR) is 124 cm³/mol. The van der Waals surface area contributed by atoms with E-state index in [2.05, 4.69) is 34.4 Å². The monoisotopic (exact) mass is 422 g/mol. The number of aromatic nitrogens is 3. The maximum atomic E-state index is 11.8. The second-order valence-corrected chi connectivity index (χ2v) is 8.05. The number of rotatable bonds is 5. The molecule has 4 aromatic heterocycles. The number of fused-ring (bicyclic) bond motifs is 1. The van der Waals surface area contributed by atoms with Crippen LogP contribution in [0.2, 0.25) is 0 Å². The van der Waals surface area contributed by atoms with E-state index in [1.807, 2.05) is 54.7 Å². The molecule has 2 N–H and O–H groups in total. The second-order valence-electron chi connectivity index (χ2n) is 8.05. The smallest absolute Gasteiger partial charge is 0.248 e. The SMILES string of the molecule is CC(C)c1cc(-c2ccc3ncc(-c4ccnc(-c5ccoc5)c4)n3c2)ccc1C(N)=O. The van der Waals surface area contributed by atoms with E-state index in [4.69, 9.17) is 10.2 Å². The average molecular weight is 422 g/mol. The van der Waals surface area contributed by atoms with E-state index in [9.17, 15) is 4.79 Å². The van der Waals surface area contributed by atoms with Crippen molar-refractivity contribution in [2.45, 2.75) is 19.8 Å². The maximum absolute atomic E-state index is 11.8. The molecular formula is C26H22N4O2. The standard InChI is InChI=1S/C26H22N4O2/c1-16(2)22-11-17(3-5-21(22)26(27)31)19-4-6-25-29-13-24(30(25)14-19)18-7-9-28-23(12-18)20-8-10-32-15-20/h3-16H,1-2H3,(H2,27,31). The molecule has 0 saturated heterocycles. The van der Waals surface area contributed by atoms with Gasteiger partial charge in [-0.1, -0.05) is 26.0 Å². The van der Waals surface area contributed by atoms with E-state index < -0.39 is 5.91 Å². The molecular weight excluding hydrogens is 400 g/mol. The summed E-state index contributed by atoms with van der Waals surface area (Å²) >= 11 is 0. The van der Waals surface area contributed by atoms with Gasteiger partial charge in [0.05, 0.1) is 30.1 Å². The summed E-state index contributed by atoms with van der Waals surface area (Å²) in [6.45, 7) is 4.12. The van der Waals surface area contributed by atoms with Crippen LogP contribution in [0.1, 0.15) is 35.7 Å². The van der Waals surface area contributed by atoms with Crippen molar-refractivity contribution in [3.8, 4) is 33.6 Å². The Hall–Kier alpha value is -4.19. The van der Waals surface area contributed by atoms with E-state index in [-0.39, 0.29) is 5.92 Å². The molecule has 6 heteroatoms. The zero-order chi connectivity index (χ0) is 22.2. The van der Waals surface area contributed by atoms with Gasteiger partial charge in [0, 0.05) is 29.1 Å². The largest absolute Gasteiger partial charge is 0.472 e. The van der Waals surface area contributed by atoms with Gasteiger partial charge in [0.25, 0.3) is 0 Å². The fourth-order valence-corrected chi connectivity index (χ4v) is 3.97. The van der Waals surface area contributed by atoms with Crippen LogP contribution in [0.3, 0.4) is 0 Å². The third-order valence-electron chi connectivity index (χ3n) is 5.65. The molecule has 0 spiro atoms. The third kappa shape index (κ3) is 3.46. The number of carbonyl (C=O) groups is 1. The Morgan fingerprint density at radius 3 is 2.56 bits per heavy atom. The minimum atomic E-state index is -0.404. The highest BCUT2D eigenvalue weighted by molar-refractivity contribution is 5.95. The molecule has 1 amide bonds. The van der Waals surface area contributed by atoms with Gasteiger partial charge in [0.2, 0.25) is 5.91 Å². The summed E-state index contributed by atoms with van der Waals surface area (Å²) in [6.07, 6.45) is 9.04. The van der Waals surface area contributed by atoms with Crippen LogP contribution in [0, 0.1) is 0 Å². The lowest BCUT2D eigenvalue weighted by Gasteiger charge is -2.13. The van der Waals surface area contributed by atoms with Crippen molar-refractivity contribution >= 4 is 11.6 Å².